The fourth-order valence-electron chi connectivity index (χ4n) is 4.67. The van der Waals surface area contributed by atoms with E-state index in [1.807, 2.05) is 6.07 Å². The van der Waals surface area contributed by atoms with Crippen molar-refractivity contribution in [1.82, 2.24) is 15.0 Å². The summed E-state index contributed by atoms with van der Waals surface area (Å²) in [5.41, 5.74) is 2.99. The van der Waals surface area contributed by atoms with Crippen molar-refractivity contribution in [3.63, 3.8) is 0 Å². The van der Waals surface area contributed by atoms with Crippen LogP contribution < -0.4 is 5.32 Å². The Bertz CT molecular complexity index is 781. The van der Waals surface area contributed by atoms with Gasteiger partial charge in [0.2, 0.25) is 11.8 Å². The van der Waals surface area contributed by atoms with E-state index in [0.29, 0.717) is 30.4 Å². The Morgan fingerprint density at radius 3 is 2.73 bits per heavy atom. The van der Waals surface area contributed by atoms with E-state index in [4.69, 9.17) is 0 Å². The summed E-state index contributed by atoms with van der Waals surface area (Å²) in [6, 6.07) is 5.62. The van der Waals surface area contributed by atoms with Gasteiger partial charge < -0.3 is 9.71 Å². The van der Waals surface area contributed by atoms with Crippen LogP contribution in [0, 0.1) is 5.92 Å². The monoisotopic (exact) mass is 353 g/mol. The number of amides is 3. The van der Waals surface area contributed by atoms with Crippen molar-refractivity contribution in [1.29, 1.82) is 0 Å². The molecule has 3 heterocycles. The normalized spacial score (nSPS) is 29.7. The number of rotatable bonds is 2. The quantitative estimate of drug-likeness (QED) is 0.618. The van der Waals surface area contributed by atoms with E-state index >= 15 is 0 Å². The average molecular weight is 353 g/mol. The summed E-state index contributed by atoms with van der Waals surface area (Å²) < 4.78 is 0. The molecular formula is C19H24BN3O3. The van der Waals surface area contributed by atoms with Crippen LogP contribution in [0.15, 0.2) is 18.2 Å². The van der Waals surface area contributed by atoms with Crippen molar-refractivity contribution >= 4 is 25.7 Å². The van der Waals surface area contributed by atoms with Gasteiger partial charge in [-0.15, -0.1) is 0 Å². The minimum Gasteiger partial charge on any atom is -0.348 e. The summed E-state index contributed by atoms with van der Waals surface area (Å²) in [6.45, 7) is 4.92. The smallest absolute Gasteiger partial charge is 0.255 e. The number of nitrogens with zero attached hydrogens (tertiary/aromatic N) is 2. The second kappa shape index (κ2) is 6.54. The lowest BCUT2D eigenvalue weighted by Crippen LogP contribution is -2.52. The molecule has 1 aromatic carbocycles. The highest BCUT2D eigenvalue weighted by Gasteiger charge is 2.39. The number of imide groups is 1. The molecule has 3 aliphatic rings. The molecule has 2 saturated heterocycles. The largest absolute Gasteiger partial charge is 0.348 e. The van der Waals surface area contributed by atoms with Gasteiger partial charge in [0, 0.05) is 18.5 Å². The van der Waals surface area contributed by atoms with E-state index < -0.39 is 6.04 Å². The SMILES string of the molecule is BN1CCC(c2ccc3c(c2)CN(C2CCC(=O)NC2=O)C3=O)C(C)C1. The Hall–Kier alpha value is -2.15. The lowest BCUT2D eigenvalue weighted by atomic mass is 9.80. The van der Waals surface area contributed by atoms with E-state index in [1.54, 1.807) is 4.90 Å². The third kappa shape index (κ3) is 2.94. The van der Waals surface area contributed by atoms with Crippen molar-refractivity contribution in [2.45, 2.75) is 44.7 Å². The van der Waals surface area contributed by atoms with Crippen molar-refractivity contribution in [3.8, 4) is 0 Å². The maximum Gasteiger partial charge on any atom is 0.255 e. The molecule has 1 aromatic rings. The zero-order chi connectivity index (χ0) is 18.4. The number of benzene rings is 1. The summed E-state index contributed by atoms with van der Waals surface area (Å²) in [4.78, 5) is 40.3. The topological polar surface area (TPSA) is 69.7 Å². The number of hydrogen-bond donors (Lipinski definition) is 1. The first-order valence-corrected chi connectivity index (χ1v) is 9.40. The van der Waals surface area contributed by atoms with Gasteiger partial charge in [-0.25, -0.2) is 0 Å². The molecule has 3 atom stereocenters. The maximum absolute atomic E-state index is 12.8. The van der Waals surface area contributed by atoms with Gasteiger partial charge in [-0.3, -0.25) is 19.7 Å². The number of fused-ring (bicyclic) bond motifs is 1. The van der Waals surface area contributed by atoms with Gasteiger partial charge in [0.05, 0.1) is 0 Å². The second-order valence-electron chi connectivity index (χ2n) is 7.95. The van der Waals surface area contributed by atoms with Crippen LogP contribution in [0.3, 0.4) is 0 Å². The van der Waals surface area contributed by atoms with E-state index in [2.05, 4.69) is 37.2 Å². The van der Waals surface area contributed by atoms with Gasteiger partial charge in [0.15, 0.2) is 7.98 Å². The van der Waals surface area contributed by atoms with Gasteiger partial charge in [0.25, 0.3) is 5.91 Å². The summed E-state index contributed by atoms with van der Waals surface area (Å²) in [5, 5.41) is 2.35. The van der Waals surface area contributed by atoms with Gasteiger partial charge in [-0.2, -0.15) is 0 Å². The molecule has 0 radical (unpaired) electrons. The molecule has 0 aliphatic carbocycles. The van der Waals surface area contributed by atoms with Crippen molar-refractivity contribution in [2.75, 3.05) is 13.1 Å². The molecule has 1 N–H and O–H groups in total. The minimum atomic E-state index is -0.543. The predicted octanol–water partition coefficient (Wildman–Crippen LogP) is 0.421. The molecule has 7 heteroatoms. The van der Waals surface area contributed by atoms with Crippen LogP contribution in [-0.4, -0.2) is 54.5 Å². The highest BCUT2D eigenvalue weighted by Crippen LogP contribution is 2.35. The lowest BCUT2D eigenvalue weighted by Gasteiger charge is -2.35. The molecule has 3 amide bonds. The summed E-state index contributed by atoms with van der Waals surface area (Å²) in [6.07, 6.45) is 1.82. The molecular weight excluding hydrogens is 329 g/mol. The third-order valence-electron chi connectivity index (χ3n) is 6.08. The molecule has 3 aliphatic heterocycles. The van der Waals surface area contributed by atoms with Crippen molar-refractivity contribution in [2.24, 2.45) is 5.92 Å². The Morgan fingerprint density at radius 1 is 1.19 bits per heavy atom. The number of nitrogens with one attached hydrogen (secondary N) is 1. The highest BCUT2D eigenvalue weighted by atomic mass is 16.2. The highest BCUT2D eigenvalue weighted by molar-refractivity contribution is 6.05. The first-order valence-electron chi connectivity index (χ1n) is 9.40. The van der Waals surface area contributed by atoms with Crippen LogP contribution in [0.4, 0.5) is 0 Å². The van der Waals surface area contributed by atoms with Crippen LogP contribution in [0.25, 0.3) is 0 Å². The van der Waals surface area contributed by atoms with E-state index in [0.717, 1.165) is 25.1 Å². The molecule has 0 bridgehead atoms. The molecule has 0 saturated carbocycles. The van der Waals surface area contributed by atoms with Crippen LogP contribution in [0.5, 0.6) is 0 Å². The number of piperidine rings is 2. The van der Waals surface area contributed by atoms with Crippen LogP contribution >= 0.6 is 0 Å². The molecule has 0 spiro atoms. The molecule has 0 aromatic heterocycles. The number of hydrogen-bond acceptors (Lipinski definition) is 4. The zero-order valence-electron chi connectivity index (χ0n) is 15.3. The Balaban J connectivity index is 1.55. The van der Waals surface area contributed by atoms with Crippen LogP contribution in [0.1, 0.15) is 53.6 Å². The van der Waals surface area contributed by atoms with Gasteiger partial charge in [0.1, 0.15) is 6.04 Å². The summed E-state index contributed by atoms with van der Waals surface area (Å²) in [7, 11) is 2.16. The van der Waals surface area contributed by atoms with Crippen molar-refractivity contribution < 1.29 is 14.4 Å². The summed E-state index contributed by atoms with van der Waals surface area (Å²) in [5.74, 6) is 0.379. The second-order valence-corrected chi connectivity index (χ2v) is 7.95. The number of carbonyl (C=O) groups is 3. The Labute approximate surface area is 154 Å². The fraction of sp³-hybridized carbons (Fsp3) is 0.526. The minimum absolute atomic E-state index is 0.0996. The summed E-state index contributed by atoms with van der Waals surface area (Å²) >= 11 is 0. The van der Waals surface area contributed by atoms with E-state index in [-0.39, 0.29) is 24.1 Å². The number of carbonyl (C=O) groups excluding carboxylic acids is 3. The zero-order valence-corrected chi connectivity index (χ0v) is 15.3. The molecule has 2 fully saturated rings. The third-order valence-corrected chi connectivity index (χ3v) is 6.08. The first-order chi connectivity index (χ1) is 12.4. The van der Waals surface area contributed by atoms with Gasteiger partial charge in [-0.1, -0.05) is 19.1 Å². The molecule has 3 unspecified atom stereocenters. The molecule has 26 heavy (non-hydrogen) atoms. The van der Waals surface area contributed by atoms with Crippen molar-refractivity contribution in [3.05, 3.63) is 34.9 Å². The predicted molar refractivity (Wildman–Crippen MR) is 99.1 cm³/mol. The van der Waals surface area contributed by atoms with Crippen LogP contribution in [-0.2, 0) is 16.1 Å². The van der Waals surface area contributed by atoms with Crippen LogP contribution in [0.2, 0.25) is 0 Å². The standard InChI is InChI=1S/C19H24BN3O3/c1-11-9-22(20)7-6-14(11)12-2-3-15-13(8-12)10-23(19(15)26)16-4-5-17(24)21-18(16)25/h2-3,8,11,14,16H,4-7,9-10,20H2,1H3,(H,21,24,25). The maximum atomic E-state index is 12.8. The van der Waals surface area contributed by atoms with Gasteiger partial charge in [-0.05, 0) is 55.0 Å². The Kier molecular flexibility index (Phi) is 4.35. The lowest BCUT2D eigenvalue weighted by molar-refractivity contribution is -0.136. The van der Waals surface area contributed by atoms with Gasteiger partial charge >= 0.3 is 0 Å². The Morgan fingerprint density at radius 2 is 2.00 bits per heavy atom. The average Bonchev–Trinajstić information content (AvgIpc) is 2.91. The first kappa shape index (κ1) is 17.3. The van der Waals surface area contributed by atoms with E-state index in [1.165, 1.54) is 5.56 Å². The van der Waals surface area contributed by atoms with E-state index in [9.17, 15) is 14.4 Å². The molecule has 4 rings (SSSR count). The fourth-order valence-corrected chi connectivity index (χ4v) is 4.67. The molecule has 6 nitrogen and oxygen atoms in total. The molecule has 136 valence electrons.